The lowest BCUT2D eigenvalue weighted by atomic mass is 9.95. The number of nitrogens with zero attached hydrogens (tertiary/aromatic N) is 3. The molecule has 0 N–H and O–H groups in total. The van der Waals surface area contributed by atoms with E-state index in [4.69, 9.17) is 16.1 Å². The van der Waals surface area contributed by atoms with Gasteiger partial charge in [0.25, 0.3) is 12.3 Å². The van der Waals surface area contributed by atoms with Gasteiger partial charge in [0, 0.05) is 24.4 Å². The van der Waals surface area contributed by atoms with E-state index in [1.807, 2.05) is 0 Å². The predicted molar refractivity (Wildman–Crippen MR) is 118 cm³/mol. The molecular weight excluding hydrogens is 479 g/mol. The first kappa shape index (κ1) is 23.8. The summed E-state index contributed by atoms with van der Waals surface area (Å²) in [6.45, 7) is 1.70. The fraction of sp³-hybridized carbons (Fsp3) is 0.455. The molecule has 0 saturated heterocycles. The molecule has 0 amide bonds. The van der Waals surface area contributed by atoms with Gasteiger partial charge in [0.05, 0.1) is 21.9 Å². The van der Waals surface area contributed by atoms with Crippen molar-refractivity contribution >= 4 is 27.0 Å². The van der Waals surface area contributed by atoms with Gasteiger partial charge in [-0.05, 0) is 43.9 Å². The van der Waals surface area contributed by atoms with Crippen molar-refractivity contribution in [2.75, 3.05) is 18.6 Å². The summed E-state index contributed by atoms with van der Waals surface area (Å²) in [4.78, 5) is 5.86. The van der Waals surface area contributed by atoms with Gasteiger partial charge in [0.2, 0.25) is 0 Å². The SMILES string of the molecule is CC1CC=C(c2nc(C3(c4cccc(F)c4Cl)CC3)no2)C=C(C(F)F)N1CCS(C)(=O)=O. The number of sulfone groups is 1. The molecule has 2 heterocycles. The third kappa shape index (κ3) is 4.82. The van der Waals surface area contributed by atoms with Gasteiger partial charge >= 0.3 is 0 Å². The summed E-state index contributed by atoms with van der Waals surface area (Å²) in [7, 11) is -3.32. The normalized spacial score (nSPS) is 20.5. The zero-order valence-corrected chi connectivity index (χ0v) is 19.6. The maximum absolute atomic E-state index is 14.0. The number of hydrogen-bond acceptors (Lipinski definition) is 6. The summed E-state index contributed by atoms with van der Waals surface area (Å²) in [5.41, 5.74) is -0.0744. The Kier molecular flexibility index (Phi) is 6.34. The van der Waals surface area contributed by atoms with E-state index < -0.39 is 27.5 Å². The van der Waals surface area contributed by atoms with Crippen LogP contribution in [0, 0.1) is 5.82 Å². The van der Waals surface area contributed by atoms with Crippen LogP contribution in [0.4, 0.5) is 13.2 Å². The zero-order valence-electron chi connectivity index (χ0n) is 18.1. The lowest BCUT2D eigenvalue weighted by Gasteiger charge is -2.31. The van der Waals surface area contributed by atoms with Gasteiger partial charge in [-0.3, -0.25) is 0 Å². The second kappa shape index (κ2) is 8.79. The van der Waals surface area contributed by atoms with Crippen LogP contribution in [-0.4, -0.2) is 54.5 Å². The smallest absolute Gasteiger partial charge is 0.278 e. The molecule has 4 rings (SSSR count). The van der Waals surface area contributed by atoms with Crippen LogP contribution in [-0.2, 0) is 15.3 Å². The Morgan fingerprint density at radius 1 is 1.33 bits per heavy atom. The average Bonchev–Trinajstić information content (AvgIpc) is 3.43. The highest BCUT2D eigenvalue weighted by molar-refractivity contribution is 7.90. The fourth-order valence-corrected chi connectivity index (χ4v) is 4.91. The monoisotopic (exact) mass is 501 g/mol. The molecule has 6 nitrogen and oxygen atoms in total. The Balaban J connectivity index is 1.66. The lowest BCUT2D eigenvalue weighted by Crippen LogP contribution is -2.37. The molecule has 178 valence electrons. The van der Waals surface area contributed by atoms with E-state index in [2.05, 4.69) is 10.1 Å². The highest BCUT2D eigenvalue weighted by Gasteiger charge is 2.51. The third-order valence-electron chi connectivity index (χ3n) is 6.09. The standard InChI is InChI=1S/C22H23ClF3N3O3S/c1-13-6-7-14(12-17(19(25)26)29(13)10-11-33(2,30)31)20-27-21(28-32-20)22(8-9-22)15-4-3-5-16(24)18(15)23/h3-5,7,12-13,19H,6,8-11H2,1-2H3. The number of hydrogen-bond donors (Lipinski definition) is 0. The second-order valence-electron chi connectivity index (χ2n) is 8.54. The maximum Gasteiger partial charge on any atom is 0.278 e. The first-order valence-electron chi connectivity index (χ1n) is 10.4. The van der Waals surface area contributed by atoms with Gasteiger partial charge in [0.15, 0.2) is 5.82 Å². The van der Waals surface area contributed by atoms with Crippen LogP contribution in [0.15, 0.2) is 40.6 Å². The molecule has 1 saturated carbocycles. The first-order valence-corrected chi connectivity index (χ1v) is 12.9. The van der Waals surface area contributed by atoms with Crippen molar-refractivity contribution in [3.63, 3.8) is 0 Å². The molecule has 1 aromatic heterocycles. The molecule has 0 spiro atoms. The van der Waals surface area contributed by atoms with Gasteiger partial charge in [-0.15, -0.1) is 0 Å². The van der Waals surface area contributed by atoms with E-state index in [-0.39, 0.29) is 34.9 Å². The Hall–Kier alpha value is -2.33. The summed E-state index contributed by atoms with van der Waals surface area (Å²) in [5.74, 6) is -0.384. The highest BCUT2D eigenvalue weighted by atomic mass is 35.5. The van der Waals surface area contributed by atoms with E-state index in [9.17, 15) is 21.6 Å². The van der Waals surface area contributed by atoms with Crippen LogP contribution >= 0.6 is 11.6 Å². The summed E-state index contributed by atoms with van der Waals surface area (Å²) < 4.78 is 70.5. The van der Waals surface area contributed by atoms with Crippen molar-refractivity contribution in [1.82, 2.24) is 15.0 Å². The number of alkyl halides is 2. The predicted octanol–water partition coefficient (Wildman–Crippen LogP) is 4.61. The molecule has 11 heteroatoms. The molecule has 0 bridgehead atoms. The molecule has 0 radical (unpaired) electrons. The average molecular weight is 502 g/mol. The minimum atomic E-state index is -3.32. The summed E-state index contributed by atoms with van der Waals surface area (Å²) in [5, 5.41) is 4.07. The summed E-state index contributed by atoms with van der Waals surface area (Å²) in [6, 6.07) is 4.20. The van der Waals surface area contributed by atoms with Crippen molar-refractivity contribution in [1.29, 1.82) is 0 Å². The molecule has 1 fully saturated rings. The van der Waals surface area contributed by atoms with Gasteiger partial charge in [0.1, 0.15) is 15.7 Å². The van der Waals surface area contributed by atoms with E-state index >= 15 is 0 Å². The molecule has 2 aliphatic rings. The third-order valence-corrected chi connectivity index (χ3v) is 7.40. The minimum absolute atomic E-state index is 0.00487. The Bertz CT molecular complexity index is 1220. The summed E-state index contributed by atoms with van der Waals surface area (Å²) >= 11 is 6.18. The van der Waals surface area contributed by atoms with Crippen molar-refractivity contribution in [3.05, 3.63) is 64.2 Å². The number of aromatic nitrogens is 2. The van der Waals surface area contributed by atoms with Gasteiger partial charge in [-0.25, -0.2) is 21.6 Å². The Morgan fingerprint density at radius 2 is 2.06 bits per heavy atom. The van der Waals surface area contributed by atoms with Crippen LogP contribution in [0.5, 0.6) is 0 Å². The number of benzene rings is 1. The molecule has 1 aromatic carbocycles. The zero-order chi connectivity index (χ0) is 24.0. The largest absolute Gasteiger partial charge is 0.366 e. The fourth-order valence-electron chi connectivity index (χ4n) is 4.08. The van der Waals surface area contributed by atoms with Gasteiger partial charge in [-0.1, -0.05) is 35.0 Å². The molecule has 33 heavy (non-hydrogen) atoms. The van der Waals surface area contributed by atoms with E-state index in [1.54, 1.807) is 25.1 Å². The molecule has 1 unspecified atom stereocenters. The highest BCUT2D eigenvalue weighted by Crippen LogP contribution is 2.54. The number of halogens is 4. The number of rotatable bonds is 7. The van der Waals surface area contributed by atoms with Crippen LogP contribution < -0.4 is 0 Å². The van der Waals surface area contributed by atoms with Crippen LogP contribution in [0.25, 0.3) is 5.57 Å². The quantitative estimate of drug-likeness (QED) is 0.551. The molecular formula is C22H23ClF3N3O3S. The van der Waals surface area contributed by atoms with Crippen molar-refractivity contribution in [2.45, 2.75) is 44.1 Å². The van der Waals surface area contributed by atoms with Crippen molar-refractivity contribution in [3.8, 4) is 0 Å². The molecule has 2 aromatic rings. The second-order valence-corrected chi connectivity index (χ2v) is 11.2. The van der Waals surface area contributed by atoms with Gasteiger partial charge < -0.3 is 9.42 Å². The molecule has 1 atom stereocenters. The Labute approximate surface area is 195 Å². The van der Waals surface area contributed by atoms with E-state index in [0.717, 1.165) is 6.26 Å². The number of allylic oxidation sites excluding steroid dienone is 3. The lowest BCUT2D eigenvalue weighted by molar-refractivity contribution is 0.127. The maximum atomic E-state index is 14.0. The van der Waals surface area contributed by atoms with Crippen LogP contribution in [0.2, 0.25) is 5.02 Å². The van der Waals surface area contributed by atoms with Crippen molar-refractivity contribution < 1.29 is 26.1 Å². The van der Waals surface area contributed by atoms with Crippen LogP contribution in [0.3, 0.4) is 0 Å². The first-order chi connectivity index (χ1) is 15.5. The Morgan fingerprint density at radius 3 is 2.70 bits per heavy atom. The van der Waals surface area contributed by atoms with E-state index in [0.29, 0.717) is 36.2 Å². The van der Waals surface area contributed by atoms with Crippen LogP contribution in [0.1, 0.15) is 43.5 Å². The van der Waals surface area contributed by atoms with Gasteiger partial charge in [-0.2, -0.15) is 4.98 Å². The minimum Gasteiger partial charge on any atom is -0.366 e. The summed E-state index contributed by atoms with van der Waals surface area (Å²) in [6.07, 6.45) is 2.93. The topological polar surface area (TPSA) is 76.3 Å². The molecule has 1 aliphatic carbocycles. The van der Waals surface area contributed by atoms with Crippen molar-refractivity contribution in [2.24, 2.45) is 0 Å². The van der Waals surface area contributed by atoms with E-state index in [1.165, 1.54) is 17.0 Å². The molecule has 1 aliphatic heterocycles.